The number of rotatable bonds is 1. The van der Waals surface area contributed by atoms with Crippen LogP contribution in [-0.4, -0.2) is 24.4 Å². The zero-order valence-electron chi connectivity index (χ0n) is 9.96. The zero-order chi connectivity index (χ0) is 14.5. The lowest BCUT2D eigenvalue weighted by molar-refractivity contribution is -0.137. The Balaban J connectivity index is 2.09. The third kappa shape index (κ3) is 1.71. The SMILES string of the molecule is O=C1C2CN=NC2C(=O)N1c1ccccc1C(F)(F)F. The van der Waals surface area contributed by atoms with Gasteiger partial charge in [0.25, 0.3) is 5.91 Å². The van der Waals surface area contributed by atoms with Gasteiger partial charge in [-0.25, -0.2) is 4.90 Å². The van der Waals surface area contributed by atoms with Crippen molar-refractivity contribution in [3.05, 3.63) is 29.8 Å². The number of hydrogen-bond donors (Lipinski definition) is 0. The molecule has 1 fully saturated rings. The summed E-state index contributed by atoms with van der Waals surface area (Å²) in [6, 6.07) is 3.52. The first-order valence-electron chi connectivity index (χ1n) is 5.82. The Morgan fingerprint density at radius 3 is 2.50 bits per heavy atom. The number of imide groups is 1. The Kier molecular flexibility index (Phi) is 2.63. The van der Waals surface area contributed by atoms with Gasteiger partial charge < -0.3 is 0 Å². The Morgan fingerprint density at radius 1 is 1.15 bits per heavy atom. The van der Waals surface area contributed by atoms with Crippen LogP contribution < -0.4 is 4.90 Å². The monoisotopic (exact) mass is 283 g/mol. The number of amides is 2. The minimum absolute atomic E-state index is 0.0416. The molecule has 2 aliphatic rings. The number of fused-ring (bicyclic) bond motifs is 1. The summed E-state index contributed by atoms with van der Waals surface area (Å²) in [5.74, 6) is -2.21. The van der Waals surface area contributed by atoms with Crippen LogP contribution in [0.5, 0.6) is 0 Å². The lowest BCUT2D eigenvalue weighted by Crippen LogP contribution is -2.33. The van der Waals surface area contributed by atoms with Crippen molar-refractivity contribution >= 4 is 17.5 Å². The van der Waals surface area contributed by atoms with Crippen LogP contribution >= 0.6 is 0 Å². The molecule has 1 aromatic rings. The Bertz CT molecular complexity index is 627. The Morgan fingerprint density at radius 2 is 1.85 bits per heavy atom. The topological polar surface area (TPSA) is 62.1 Å². The van der Waals surface area contributed by atoms with Crippen molar-refractivity contribution in [1.82, 2.24) is 0 Å². The number of anilines is 1. The lowest BCUT2D eigenvalue weighted by Gasteiger charge is -2.20. The minimum atomic E-state index is -4.64. The van der Waals surface area contributed by atoms with Crippen molar-refractivity contribution in [2.75, 3.05) is 11.4 Å². The molecule has 0 radical (unpaired) electrons. The van der Waals surface area contributed by atoms with Gasteiger partial charge in [0.05, 0.1) is 23.7 Å². The average Bonchev–Trinajstić information content (AvgIpc) is 2.94. The number of para-hydroxylation sites is 1. The summed E-state index contributed by atoms with van der Waals surface area (Å²) >= 11 is 0. The van der Waals surface area contributed by atoms with Crippen molar-refractivity contribution in [2.45, 2.75) is 12.2 Å². The van der Waals surface area contributed by atoms with Crippen molar-refractivity contribution in [1.29, 1.82) is 0 Å². The van der Waals surface area contributed by atoms with Crippen LogP contribution in [0.3, 0.4) is 0 Å². The van der Waals surface area contributed by atoms with Crippen LogP contribution in [0, 0.1) is 5.92 Å². The molecule has 2 aliphatic heterocycles. The minimum Gasteiger partial charge on any atom is -0.274 e. The number of carbonyl (C=O) groups is 2. The smallest absolute Gasteiger partial charge is 0.274 e. The van der Waals surface area contributed by atoms with Crippen molar-refractivity contribution in [3.63, 3.8) is 0 Å². The van der Waals surface area contributed by atoms with Crippen LogP contribution in [0.2, 0.25) is 0 Å². The first-order chi connectivity index (χ1) is 9.41. The maximum absolute atomic E-state index is 13.0. The first kappa shape index (κ1) is 12.8. The third-order valence-corrected chi connectivity index (χ3v) is 3.33. The molecule has 20 heavy (non-hydrogen) atoms. The van der Waals surface area contributed by atoms with E-state index in [1.165, 1.54) is 12.1 Å². The van der Waals surface area contributed by atoms with E-state index in [2.05, 4.69) is 10.2 Å². The maximum Gasteiger partial charge on any atom is 0.418 e. The summed E-state index contributed by atoms with van der Waals surface area (Å²) in [4.78, 5) is 24.7. The molecule has 0 N–H and O–H groups in total. The van der Waals surface area contributed by atoms with Gasteiger partial charge in [-0.05, 0) is 12.1 Å². The van der Waals surface area contributed by atoms with Crippen LogP contribution in [0.25, 0.3) is 0 Å². The number of benzene rings is 1. The van der Waals surface area contributed by atoms with E-state index >= 15 is 0 Å². The van der Waals surface area contributed by atoms with E-state index in [1.807, 2.05) is 0 Å². The molecule has 5 nitrogen and oxygen atoms in total. The van der Waals surface area contributed by atoms with E-state index in [1.54, 1.807) is 0 Å². The fourth-order valence-electron chi connectivity index (χ4n) is 2.39. The Hall–Kier alpha value is -2.25. The number of alkyl halides is 3. The van der Waals surface area contributed by atoms with E-state index < -0.39 is 41.2 Å². The molecule has 1 saturated heterocycles. The van der Waals surface area contributed by atoms with Crippen LogP contribution in [0.1, 0.15) is 5.56 Å². The molecule has 0 bridgehead atoms. The molecule has 2 amide bonds. The highest BCUT2D eigenvalue weighted by Crippen LogP contribution is 2.40. The standard InChI is InChI=1S/C12H8F3N3O2/c13-12(14,15)7-3-1-2-4-8(7)18-10(19)6-5-16-17-9(6)11(18)20/h1-4,6,9H,5H2. The van der Waals surface area contributed by atoms with E-state index in [4.69, 9.17) is 0 Å². The van der Waals surface area contributed by atoms with Gasteiger partial charge in [0.1, 0.15) is 0 Å². The number of hydrogen-bond acceptors (Lipinski definition) is 4. The van der Waals surface area contributed by atoms with Gasteiger partial charge >= 0.3 is 6.18 Å². The molecule has 3 rings (SSSR count). The molecule has 8 heteroatoms. The molecule has 0 aromatic heterocycles. The quantitative estimate of drug-likeness (QED) is 0.740. The van der Waals surface area contributed by atoms with E-state index in [9.17, 15) is 22.8 Å². The molecule has 0 aliphatic carbocycles. The summed E-state index contributed by atoms with van der Waals surface area (Å²) in [6.07, 6.45) is -4.64. The Labute approximate surface area is 111 Å². The van der Waals surface area contributed by atoms with Crippen molar-refractivity contribution in [2.24, 2.45) is 16.1 Å². The molecule has 0 saturated carbocycles. The fraction of sp³-hybridized carbons (Fsp3) is 0.333. The second-order valence-electron chi connectivity index (χ2n) is 4.52. The average molecular weight is 283 g/mol. The summed E-state index contributed by atoms with van der Waals surface area (Å²) in [6.45, 7) is 0.0416. The second-order valence-corrected chi connectivity index (χ2v) is 4.52. The second kappa shape index (κ2) is 4.12. The highest BCUT2D eigenvalue weighted by atomic mass is 19.4. The maximum atomic E-state index is 13.0. The molecule has 0 spiro atoms. The predicted octanol–water partition coefficient (Wildman–Crippen LogP) is 2.03. The largest absolute Gasteiger partial charge is 0.418 e. The molecule has 1 aromatic carbocycles. The van der Waals surface area contributed by atoms with Gasteiger partial charge in [-0.1, -0.05) is 12.1 Å². The number of nitrogens with zero attached hydrogens (tertiary/aromatic N) is 3. The molecule has 104 valence electrons. The van der Waals surface area contributed by atoms with Gasteiger partial charge in [-0.2, -0.15) is 23.4 Å². The highest BCUT2D eigenvalue weighted by molar-refractivity contribution is 6.24. The zero-order valence-corrected chi connectivity index (χ0v) is 9.96. The number of halogens is 3. The molecular formula is C12H8F3N3O2. The van der Waals surface area contributed by atoms with Gasteiger partial charge in [-0.15, -0.1) is 0 Å². The predicted molar refractivity (Wildman–Crippen MR) is 60.9 cm³/mol. The van der Waals surface area contributed by atoms with Gasteiger partial charge in [0, 0.05) is 0 Å². The number of carbonyl (C=O) groups excluding carboxylic acids is 2. The van der Waals surface area contributed by atoms with Crippen molar-refractivity contribution in [3.8, 4) is 0 Å². The van der Waals surface area contributed by atoms with Crippen molar-refractivity contribution < 1.29 is 22.8 Å². The lowest BCUT2D eigenvalue weighted by atomic mass is 10.1. The van der Waals surface area contributed by atoms with E-state index in [0.29, 0.717) is 4.90 Å². The molecule has 2 heterocycles. The summed E-state index contributed by atoms with van der Waals surface area (Å²) in [7, 11) is 0. The van der Waals surface area contributed by atoms with E-state index in [0.717, 1.165) is 12.1 Å². The summed E-state index contributed by atoms with van der Waals surface area (Å²) in [5.41, 5.74) is -1.46. The highest BCUT2D eigenvalue weighted by Gasteiger charge is 2.52. The van der Waals surface area contributed by atoms with Gasteiger partial charge in [0.2, 0.25) is 5.91 Å². The van der Waals surface area contributed by atoms with Gasteiger partial charge in [0.15, 0.2) is 6.04 Å². The summed E-state index contributed by atoms with van der Waals surface area (Å²) < 4.78 is 38.9. The van der Waals surface area contributed by atoms with Crippen LogP contribution in [0.15, 0.2) is 34.5 Å². The van der Waals surface area contributed by atoms with Crippen LogP contribution in [0.4, 0.5) is 18.9 Å². The van der Waals surface area contributed by atoms with Gasteiger partial charge in [-0.3, -0.25) is 9.59 Å². The normalized spacial score (nSPS) is 25.4. The number of azo groups is 1. The molecule has 2 atom stereocenters. The summed E-state index contributed by atoms with van der Waals surface area (Å²) in [5, 5.41) is 7.23. The van der Waals surface area contributed by atoms with E-state index in [-0.39, 0.29) is 6.54 Å². The fourth-order valence-corrected chi connectivity index (χ4v) is 2.39. The first-order valence-corrected chi connectivity index (χ1v) is 5.82. The molecule has 2 unspecified atom stereocenters. The van der Waals surface area contributed by atoms with Crippen LogP contribution in [-0.2, 0) is 15.8 Å². The third-order valence-electron chi connectivity index (χ3n) is 3.33. The molecular weight excluding hydrogens is 275 g/mol.